The summed E-state index contributed by atoms with van der Waals surface area (Å²) in [6.07, 6.45) is 1.49. The van der Waals surface area contributed by atoms with Gasteiger partial charge in [-0.1, -0.05) is 91.0 Å². The third-order valence-corrected chi connectivity index (χ3v) is 10.7. The Morgan fingerprint density at radius 3 is 1.66 bits per heavy atom. The number of rotatable bonds is 5. The molecular formula is C30H24N2O4S2. The lowest BCUT2D eigenvalue weighted by Crippen LogP contribution is -2.52. The molecule has 8 heteroatoms. The summed E-state index contributed by atoms with van der Waals surface area (Å²) in [6.45, 7) is 3.77. The monoisotopic (exact) mass is 540 g/mol. The molecule has 190 valence electrons. The third kappa shape index (κ3) is 3.68. The molecule has 1 heterocycles. The summed E-state index contributed by atoms with van der Waals surface area (Å²) in [5, 5.41) is 2.81. The molecule has 0 fully saturated rings. The van der Waals surface area contributed by atoms with Crippen LogP contribution in [-0.2, 0) is 20.0 Å². The molecule has 38 heavy (non-hydrogen) atoms. The van der Waals surface area contributed by atoms with Crippen LogP contribution in [0.2, 0.25) is 0 Å². The number of hydrogen-bond donors (Lipinski definition) is 0. The highest BCUT2D eigenvalue weighted by molar-refractivity contribution is 7.93. The normalized spacial score (nSPS) is 15.9. The molecule has 0 saturated carbocycles. The molecule has 0 aliphatic carbocycles. The van der Waals surface area contributed by atoms with Gasteiger partial charge in [0, 0.05) is 10.8 Å². The minimum Gasteiger partial charge on any atom is -0.262 e. The number of nitrogens with zero attached hydrogens (tertiary/aromatic N) is 2. The van der Waals surface area contributed by atoms with E-state index < -0.39 is 26.1 Å². The summed E-state index contributed by atoms with van der Waals surface area (Å²) in [5.41, 5.74) is 0.572. The van der Waals surface area contributed by atoms with Crippen molar-refractivity contribution in [3.05, 3.63) is 122 Å². The van der Waals surface area contributed by atoms with Crippen molar-refractivity contribution in [3.63, 3.8) is 0 Å². The second-order valence-corrected chi connectivity index (χ2v) is 12.7. The van der Waals surface area contributed by atoms with Crippen LogP contribution < -0.4 is 8.61 Å². The van der Waals surface area contributed by atoms with Gasteiger partial charge in [0.1, 0.15) is 0 Å². The predicted molar refractivity (Wildman–Crippen MR) is 153 cm³/mol. The average molecular weight is 541 g/mol. The Kier molecular flexibility index (Phi) is 5.74. The van der Waals surface area contributed by atoms with Gasteiger partial charge in [-0.2, -0.15) is 0 Å². The average Bonchev–Trinajstić information content (AvgIpc) is 2.95. The lowest BCUT2D eigenvalue weighted by atomic mass is 10.1. The number of anilines is 2. The van der Waals surface area contributed by atoms with Crippen molar-refractivity contribution in [3.8, 4) is 0 Å². The molecule has 1 aliphatic rings. The molecule has 0 amide bonds. The van der Waals surface area contributed by atoms with Crippen LogP contribution in [0.15, 0.2) is 132 Å². The van der Waals surface area contributed by atoms with E-state index in [1.807, 2.05) is 36.4 Å². The number of para-hydroxylation sites is 2. The summed E-state index contributed by atoms with van der Waals surface area (Å²) in [7, 11) is -8.14. The van der Waals surface area contributed by atoms with E-state index in [-0.39, 0.29) is 22.0 Å². The van der Waals surface area contributed by atoms with E-state index in [2.05, 4.69) is 6.58 Å². The van der Waals surface area contributed by atoms with Gasteiger partial charge in [0.05, 0.1) is 33.8 Å². The Labute approximate surface area is 222 Å². The zero-order valence-electron chi connectivity index (χ0n) is 20.3. The Morgan fingerprint density at radius 2 is 1.08 bits per heavy atom. The minimum atomic E-state index is -4.09. The molecule has 0 saturated heterocycles. The van der Waals surface area contributed by atoms with E-state index in [1.54, 1.807) is 72.8 Å². The summed E-state index contributed by atoms with van der Waals surface area (Å²) >= 11 is 0. The summed E-state index contributed by atoms with van der Waals surface area (Å²) in [6, 6.07) is 30.8. The molecular weight excluding hydrogens is 516 g/mol. The van der Waals surface area contributed by atoms with Crippen molar-refractivity contribution in [1.29, 1.82) is 0 Å². The predicted octanol–water partition coefficient (Wildman–Crippen LogP) is 5.95. The highest BCUT2D eigenvalue weighted by atomic mass is 32.2. The molecule has 5 aromatic carbocycles. The van der Waals surface area contributed by atoms with E-state index >= 15 is 0 Å². The molecule has 6 rings (SSSR count). The molecule has 1 aliphatic heterocycles. The van der Waals surface area contributed by atoms with E-state index in [9.17, 15) is 16.8 Å². The van der Waals surface area contributed by atoms with Crippen LogP contribution in [0, 0.1) is 0 Å². The van der Waals surface area contributed by atoms with Gasteiger partial charge in [-0.05, 0) is 35.0 Å². The Balaban J connectivity index is 1.55. The maximum atomic E-state index is 14.2. The molecule has 5 aromatic rings. The van der Waals surface area contributed by atoms with Gasteiger partial charge in [-0.3, -0.25) is 8.61 Å². The fourth-order valence-corrected chi connectivity index (χ4v) is 8.72. The highest BCUT2D eigenvalue weighted by Crippen LogP contribution is 2.43. The molecule has 6 nitrogen and oxygen atoms in total. The molecule has 0 radical (unpaired) electrons. The first kappa shape index (κ1) is 24.2. The molecule has 0 spiro atoms. The lowest BCUT2D eigenvalue weighted by molar-refractivity contribution is 0.574. The summed E-state index contributed by atoms with van der Waals surface area (Å²) in [4.78, 5) is 0.321. The van der Waals surface area contributed by atoms with Crippen LogP contribution >= 0.6 is 0 Å². The third-order valence-electron chi connectivity index (χ3n) is 6.92. The van der Waals surface area contributed by atoms with Crippen molar-refractivity contribution in [2.45, 2.75) is 15.8 Å². The van der Waals surface area contributed by atoms with Crippen LogP contribution in [0.4, 0.5) is 11.4 Å². The van der Waals surface area contributed by atoms with Gasteiger partial charge in [0.25, 0.3) is 20.0 Å². The van der Waals surface area contributed by atoms with Crippen LogP contribution in [0.25, 0.3) is 21.5 Å². The summed E-state index contributed by atoms with van der Waals surface area (Å²) in [5.74, 6) is 0. The van der Waals surface area contributed by atoms with Gasteiger partial charge in [0.2, 0.25) is 0 Å². The van der Waals surface area contributed by atoms with E-state index in [4.69, 9.17) is 0 Å². The number of fused-ring (bicyclic) bond motifs is 3. The maximum Gasteiger partial charge on any atom is 0.265 e. The first-order valence-electron chi connectivity index (χ1n) is 12.1. The van der Waals surface area contributed by atoms with Gasteiger partial charge in [0.15, 0.2) is 0 Å². The fourth-order valence-electron chi connectivity index (χ4n) is 5.15. The topological polar surface area (TPSA) is 74.8 Å². The standard InChI is InChI=1S/C30H24N2O4S2/c1-2-24-21-31(37(33,34)29-19-9-13-22-11-3-5-15-25(22)29)27-17-7-8-18-28(27)32(24)38(35,36)30-20-10-14-23-12-4-6-16-26(23)30/h2-20,24H,1,21H2. The van der Waals surface area contributed by atoms with Crippen molar-refractivity contribution in [2.24, 2.45) is 0 Å². The minimum absolute atomic E-state index is 0.115. The number of hydrogen-bond acceptors (Lipinski definition) is 4. The van der Waals surface area contributed by atoms with Crippen molar-refractivity contribution in [1.82, 2.24) is 0 Å². The zero-order valence-corrected chi connectivity index (χ0v) is 21.9. The highest BCUT2D eigenvalue weighted by Gasteiger charge is 2.42. The molecule has 0 bridgehead atoms. The van der Waals surface area contributed by atoms with Crippen LogP contribution in [0.3, 0.4) is 0 Å². The second-order valence-electron chi connectivity index (χ2n) is 9.08. The van der Waals surface area contributed by atoms with E-state index in [0.717, 1.165) is 10.8 Å². The molecule has 1 unspecified atom stereocenters. The zero-order chi connectivity index (χ0) is 26.5. The second kappa shape index (κ2) is 9.01. The maximum absolute atomic E-state index is 14.2. The van der Waals surface area contributed by atoms with Crippen molar-refractivity contribution >= 4 is 53.0 Å². The Hall–Kier alpha value is -4.14. The van der Waals surface area contributed by atoms with Crippen LogP contribution in [-0.4, -0.2) is 29.4 Å². The first-order valence-corrected chi connectivity index (χ1v) is 15.0. The van der Waals surface area contributed by atoms with Crippen molar-refractivity contribution < 1.29 is 16.8 Å². The summed E-state index contributed by atoms with van der Waals surface area (Å²) < 4.78 is 59.4. The quantitative estimate of drug-likeness (QED) is 0.258. The van der Waals surface area contributed by atoms with Crippen LogP contribution in [0.1, 0.15) is 0 Å². The Bertz CT molecular complexity index is 1920. The van der Waals surface area contributed by atoms with Gasteiger partial charge in [-0.25, -0.2) is 16.8 Å². The van der Waals surface area contributed by atoms with Crippen LogP contribution in [0.5, 0.6) is 0 Å². The SMILES string of the molecule is C=CC1CN(S(=O)(=O)c2cccc3ccccc23)c2ccccc2N1S(=O)(=O)c1cccc2ccccc12. The largest absolute Gasteiger partial charge is 0.265 e. The Morgan fingerprint density at radius 1 is 0.605 bits per heavy atom. The molecule has 0 aromatic heterocycles. The van der Waals surface area contributed by atoms with Crippen molar-refractivity contribution in [2.75, 3.05) is 15.2 Å². The van der Waals surface area contributed by atoms with Gasteiger partial charge < -0.3 is 0 Å². The smallest absolute Gasteiger partial charge is 0.262 e. The number of benzene rings is 5. The lowest BCUT2D eigenvalue weighted by Gasteiger charge is -2.42. The molecule has 0 N–H and O–H groups in total. The number of sulfonamides is 2. The van der Waals surface area contributed by atoms with E-state index in [1.165, 1.54) is 14.7 Å². The molecule has 1 atom stereocenters. The fraction of sp³-hybridized carbons (Fsp3) is 0.0667. The van der Waals surface area contributed by atoms with Gasteiger partial charge in [-0.15, -0.1) is 6.58 Å². The first-order chi connectivity index (χ1) is 18.3. The van der Waals surface area contributed by atoms with Gasteiger partial charge >= 0.3 is 0 Å². The van der Waals surface area contributed by atoms with E-state index in [0.29, 0.717) is 16.5 Å².